The van der Waals surface area contributed by atoms with Crippen LogP contribution in [0.3, 0.4) is 0 Å². The molecule has 0 spiro atoms. The average Bonchev–Trinajstić information content (AvgIpc) is 3.02. The molecule has 8 nitrogen and oxygen atoms in total. The zero-order valence-corrected chi connectivity index (χ0v) is 25.4. The van der Waals surface area contributed by atoms with Crippen LogP contribution in [0.25, 0.3) is 0 Å². The molecule has 1 saturated heterocycles. The molecular weight excluding hydrogens is 567 g/mol. The van der Waals surface area contributed by atoms with Gasteiger partial charge in [-0.05, 0) is 55.0 Å². The van der Waals surface area contributed by atoms with Crippen molar-refractivity contribution in [3.8, 4) is 0 Å². The minimum absolute atomic E-state index is 0.0636. The van der Waals surface area contributed by atoms with Gasteiger partial charge in [0, 0.05) is 76.5 Å². The van der Waals surface area contributed by atoms with Gasteiger partial charge in [-0.3, -0.25) is 9.78 Å². The highest BCUT2D eigenvalue weighted by Gasteiger charge is 2.28. The van der Waals surface area contributed by atoms with Gasteiger partial charge in [0.05, 0.1) is 30.6 Å². The Kier molecular flexibility index (Phi) is 9.16. The topological polar surface area (TPSA) is 91.5 Å². The van der Waals surface area contributed by atoms with Gasteiger partial charge in [-0.25, -0.2) is 0 Å². The van der Waals surface area contributed by atoms with Crippen molar-refractivity contribution in [2.75, 3.05) is 50.2 Å². The van der Waals surface area contributed by atoms with E-state index >= 15 is 0 Å². The number of rotatable bonds is 10. The Labute approximate surface area is 254 Å². The fraction of sp³-hybridized carbons (Fsp3) is 0.312. The van der Waals surface area contributed by atoms with Gasteiger partial charge in [-0.2, -0.15) is 0 Å². The molecule has 42 heavy (non-hydrogen) atoms. The molecule has 0 aliphatic carbocycles. The van der Waals surface area contributed by atoms with Crippen LogP contribution in [0.15, 0.2) is 97.3 Å². The second-order valence-electron chi connectivity index (χ2n) is 10.3. The summed E-state index contributed by atoms with van der Waals surface area (Å²) in [4.78, 5) is 26.6. The monoisotopic (exact) mass is 601 g/mol. The Morgan fingerprint density at radius 3 is 2.88 bits per heavy atom. The van der Waals surface area contributed by atoms with Crippen LogP contribution < -0.4 is 21.1 Å². The predicted molar refractivity (Wildman–Crippen MR) is 169 cm³/mol. The van der Waals surface area contributed by atoms with Gasteiger partial charge in [0.2, 0.25) is 5.56 Å². The van der Waals surface area contributed by atoms with E-state index in [-0.39, 0.29) is 17.7 Å². The highest BCUT2D eigenvalue weighted by molar-refractivity contribution is 8.05. The van der Waals surface area contributed by atoms with Gasteiger partial charge in [-0.15, -0.1) is 0 Å². The van der Waals surface area contributed by atoms with E-state index in [0.717, 1.165) is 35.9 Å². The number of benzene rings is 2. The molecule has 2 aliphatic rings. The molecule has 218 valence electrons. The zero-order chi connectivity index (χ0) is 28.9. The Bertz CT molecular complexity index is 1600. The SMILES string of the molecule is COCCNCc1cccc(C(C)Nc2ccc3c(c2)Sc2cccc(C4CN(c5cc[nH]c(=O)c5)CCO4)c2S3)n1. The number of anilines is 2. The van der Waals surface area contributed by atoms with Crippen LogP contribution in [0.1, 0.15) is 36.0 Å². The summed E-state index contributed by atoms with van der Waals surface area (Å²) < 4.78 is 11.4. The Balaban J connectivity index is 1.14. The Hall–Kier alpha value is -3.28. The molecule has 2 aliphatic heterocycles. The fourth-order valence-corrected chi connectivity index (χ4v) is 7.67. The summed E-state index contributed by atoms with van der Waals surface area (Å²) in [7, 11) is 1.71. The lowest BCUT2D eigenvalue weighted by Crippen LogP contribution is -2.39. The lowest BCUT2D eigenvalue weighted by Gasteiger charge is -2.36. The smallest absolute Gasteiger partial charge is 0.249 e. The number of fused-ring (bicyclic) bond motifs is 2. The number of morpholine rings is 1. The van der Waals surface area contributed by atoms with E-state index in [0.29, 0.717) is 26.3 Å². The van der Waals surface area contributed by atoms with Crippen LogP contribution in [0.4, 0.5) is 11.4 Å². The minimum Gasteiger partial charge on any atom is -0.383 e. The highest BCUT2D eigenvalue weighted by Crippen LogP contribution is 2.52. The number of nitrogens with one attached hydrogen (secondary N) is 3. The maximum absolute atomic E-state index is 11.9. The van der Waals surface area contributed by atoms with Crippen molar-refractivity contribution in [2.24, 2.45) is 0 Å². The van der Waals surface area contributed by atoms with Crippen LogP contribution in [0.2, 0.25) is 0 Å². The summed E-state index contributed by atoms with van der Waals surface area (Å²) in [5.41, 5.74) is 5.14. The maximum Gasteiger partial charge on any atom is 0.249 e. The predicted octanol–water partition coefficient (Wildman–Crippen LogP) is 5.87. The number of aromatic amines is 1. The van der Waals surface area contributed by atoms with Gasteiger partial charge in [0.25, 0.3) is 0 Å². The maximum atomic E-state index is 11.9. The van der Waals surface area contributed by atoms with Crippen LogP contribution in [-0.4, -0.2) is 49.9 Å². The number of aromatic nitrogens is 2. The lowest BCUT2D eigenvalue weighted by molar-refractivity contribution is 0.0379. The van der Waals surface area contributed by atoms with Crippen molar-refractivity contribution >= 4 is 34.9 Å². The first kappa shape index (κ1) is 28.8. The third-order valence-corrected chi connectivity index (χ3v) is 9.98. The van der Waals surface area contributed by atoms with Gasteiger partial charge >= 0.3 is 0 Å². The minimum atomic E-state index is -0.0877. The molecule has 10 heteroatoms. The lowest BCUT2D eigenvalue weighted by atomic mass is 10.1. The molecule has 0 saturated carbocycles. The highest BCUT2D eigenvalue weighted by atomic mass is 32.2. The zero-order valence-electron chi connectivity index (χ0n) is 23.8. The molecule has 4 aromatic rings. The summed E-state index contributed by atoms with van der Waals surface area (Å²) in [6.45, 7) is 6.43. The fourth-order valence-electron chi connectivity index (χ4n) is 5.22. The van der Waals surface area contributed by atoms with Crippen molar-refractivity contribution in [3.05, 3.63) is 100 Å². The van der Waals surface area contributed by atoms with Crippen LogP contribution >= 0.6 is 23.5 Å². The van der Waals surface area contributed by atoms with E-state index in [1.165, 1.54) is 25.1 Å². The van der Waals surface area contributed by atoms with Crippen LogP contribution in [0.5, 0.6) is 0 Å². The second kappa shape index (κ2) is 13.4. The normalized spacial score (nSPS) is 16.9. The largest absolute Gasteiger partial charge is 0.383 e. The van der Waals surface area contributed by atoms with Gasteiger partial charge in [0.1, 0.15) is 6.10 Å². The van der Waals surface area contributed by atoms with E-state index in [9.17, 15) is 4.79 Å². The number of ether oxygens (including phenoxy) is 2. The molecule has 6 rings (SSSR count). The van der Waals surface area contributed by atoms with E-state index in [4.69, 9.17) is 14.5 Å². The Morgan fingerprint density at radius 1 is 1.10 bits per heavy atom. The Morgan fingerprint density at radius 2 is 2.00 bits per heavy atom. The summed E-state index contributed by atoms with van der Waals surface area (Å²) in [6, 6.07) is 22.9. The summed E-state index contributed by atoms with van der Waals surface area (Å²) in [5, 5.41) is 7.01. The van der Waals surface area contributed by atoms with Crippen LogP contribution in [-0.2, 0) is 16.0 Å². The van der Waals surface area contributed by atoms with Crippen molar-refractivity contribution in [1.29, 1.82) is 0 Å². The molecule has 1 fully saturated rings. The number of nitrogens with zero attached hydrogens (tertiary/aromatic N) is 2. The van der Waals surface area contributed by atoms with Gasteiger partial charge < -0.3 is 30.0 Å². The summed E-state index contributed by atoms with van der Waals surface area (Å²) >= 11 is 3.61. The van der Waals surface area contributed by atoms with E-state index < -0.39 is 0 Å². The van der Waals surface area contributed by atoms with Crippen molar-refractivity contribution in [1.82, 2.24) is 15.3 Å². The number of H-pyrrole nitrogens is 1. The summed E-state index contributed by atoms with van der Waals surface area (Å²) in [5.74, 6) is 0. The molecule has 0 bridgehead atoms. The molecule has 4 heterocycles. The first-order valence-corrected chi connectivity index (χ1v) is 15.8. The molecule has 2 unspecified atom stereocenters. The molecule has 2 atom stereocenters. The first-order valence-electron chi connectivity index (χ1n) is 14.2. The average molecular weight is 602 g/mol. The van der Waals surface area contributed by atoms with E-state index in [1.54, 1.807) is 31.1 Å². The second-order valence-corrected chi connectivity index (χ2v) is 12.5. The number of hydrogen-bond acceptors (Lipinski definition) is 9. The molecule has 0 amide bonds. The first-order chi connectivity index (χ1) is 20.6. The summed E-state index contributed by atoms with van der Waals surface area (Å²) in [6.07, 6.45) is 1.64. The third-order valence-electron chi connectivity index (χ3n) is 7.37. The molecule has 0 radical (unpaired) electrons. The van der Waals surface area contributed by atoms with Crippen molar-refractivity contribution in [3.63, 3.8) is 0 Å². The third kappa shape index (κ3) is 6.68. The molecule has 2 aromatic carbocycles. The van der Waals surface area contributed by atoms with E-state index in [2.05, 4.69) is 76.0 Å². The van der Waals surface area contributed by atoms with Crippen molar-refractivity contribution in [2.45, 2.75) is 45.2 Å². The van der Waals surface area contributed by atoms with Gasteiger partial charge in [0.15, 0.2) is 0 Å². The van der Waals surface area contributed by atoms with E-state index in [1.807, 2.05) is 23.9 Å². The quantitative estimate of drug-likeness (QED) is 0.170. The number of pyridine rings is 2. The number of hydrogen-bond donors (Lipinski definition) is 3. The molecule has 3 N–H and O–H groups in total. The number of methoxy groups -OCH3 is 1. The molecule has 2 aromatic heterocycles. The van der Waals surface area contributed by atoms with Crippen molar-refractivity contribution < 1.29 is 9.47 Å². The van der Waals surface area contributed by atoms with Crippen LogP contribution in [0, 0.1) is 0 Å². The van der Waals surface area contributed by atoms with Gasteiger partial charge in [-0.1, -0.05) is 41.7 Å². The standard InChI is InChI=1S/C32H35N5O3S2/c1-21(26-7-3-5-23(36-26)19-33-13-15-39-2)35-22-9-10-28-30(17-22)41-29-8-4-6-25(32(29)42-28)27-20-37(14-16-40-27)24-11-12-34-31(38)18-24/h3-12,17-18,21,27,33,35H,13-16,19-20H2,1-2H3,(H,34,38). The molecular formula is C32H35N5O3S2.